The zero-order valence-corrected chi connectivity index (χ0v) is 28.2. The van der Waals surface area contributed by atoms with Crippen molar-refractivity contribution in [3.05, 3.63) is 89.8 Å². The van der Waals surface area contributed by atoms with Gasteiger partial charge in [0.05, 0.1) is 34.5 Å². The van der Waals surface area contributed by atoms with Gasteiger partial charge >= 0.3 is 6.61 Å². The van der Waals surface area contributed by atoms with Crippen molar-refractivity contribution in [2.24, 2.45) is 7.05 Å². The molecule has 0 aliphatic heterocycles. The van der Waals surface area contributed by atoms with Crippen molar-refractivity contribution in [2.75, 3.05) is 25.1 Å². The van der Waals surface area contributed by atoms with Crippen molar-refractivity contribution < 1.29 is 33.4 Å². The second kappa shape index (κ2) is 17.6. The molecule has 0 fully saturated rings. The Morgan fingerprint density at radius 3 is 2.38 bits per heavy atom. The summed E-state index contributed by atoms with van der Waals surface area (Å²) in [6.45, 7) is 5.76. The van der Waals surface area contributed by atoms with Crippen LogP contribution in [-0.4, -0.2) is 45.9 Å². The summed E-state index contributed by atoms with van der Waals surface area (Å²) in [6.07, 6.45) is 5.78. The molecule has 4 rings (SSSR count). The highest BCUT2D eigenvalue weighted by Crippen LogP contribution is 2.30. The topological polar surface area (TPSA) is 83.7 Å². The Morgan fingerprint density at radius 1 is 0.979 bits per heavy atom. The Bertz CT molecular complexity index is 1650. The molecule has 0 aliphatic carbocycles. The highest BCUT2D eigenvalue weighted by Gasteiger charge is 2.18. The number of nitrogens with one attached hydrogen (secondary N) is 1. The standard InChI is InChI=1S/C36H43F2N3O5S.H2/c1-5-7-21-44-22-23-45-31-14-8-27(9-15-31)28-10-18-34(46-36(37)38)29(24-28)11-19-35(42)39-30-12-16-32(17-13-30)47(43)25-33-26(3)40(4)41(33)20-6-2;/h8-19,24,36H,5-7,20-23,25H2,1-4H3,(H,39,42);1H/b19-11+;/t47-;/m0./s1. The molecule has 1 heterocycles. The molecular weight excluding hydrogens is 624 g/mol. The number of unbranched alkanes of at least 4 members (excludes halogenated alkanes) is 1. The number of alkyl halides is 2. The Labute approximate surface area is 279 Å². The predicted octanol–water partition coefficient (Wildman–Crippen LogP) is 8.21. The van der Waals surface area contributed by atoms with Gasteiger partial charge in [-0.2, -0.15) is 8.78 Å². The number of aromatic nitrogens is 2. The largest absolute Gasteiger partial charge is 0.491 e. The van der Waals surface area contributed by atoms with Gasteiger partial charge in [-0.15, -0.1) is 0 Å². The van der Waals surface area contributed by atoms with Crippen LogP contribution in [0, 0.1) is 6.92 Å². The normalized spacial score (nSPS) is 12.1. The molecule has 0 spiro atoms. The van der Waals surface area contributed by atoms with Crippen molar-refractivity contribution in [1.29, 1.82) is 0 Å². The van der Waals surface area contributed by atoms with Crippen LogP contribution in [0.1, 0.15) is 51.5 Å². The van der Waals surface area contributed by atoms with Crippen molar-refractivity contribution in [3.8, 4) is 22.6 Å². The van der Waals surface area contributed by atoms with Crippen LogP contribution in [0.15, 0.2) is 77.7 Å². The Kier molecular flexibility index (Phi) is 13.4. The van der Waals surface area contributed by atoms with Gasteiger partial charge in [0.15, 0.2) is 0 Å². The molecule has 47 heavy (non-hydrogen) atoms. The zero-order chi connectivity index (χ0) is 33.8. The summed E-state index contributed by atoms with van der Waals surface area (Å²) < 4.78 is 59.5. The molecule has 1 N–H and O–H groups in total. The summed E-state index contributed by atoms with van der Waals surface area (Å²) >= 11 is 0. The molecule has 0 bridgehead atoms. The lowest BCUT2D eigenvalue weighted by Gasteiger charge is -2.28. The van der Waals surface area contributed by atoms with Gasteiger partial charge < -0.3 is 19.5 Å². The fourth-order valence-electron chi connectivity index (χ4n) is 4.99. The monoisotopic (exact) mass is 669 g/mol. The lowest BCUT2D eigenvalue weighted by molar-refractivity contribution is -0.111. The van der Waals surface area contributed by atoms with E-state index >= 15 is 0 Å². The minimum Gasteiger partial charge on any atom is -0.491 e. The lowest BCUT2D eigenvalue weighted by Crippen LogP contribution is -2.29. The fraction of sp³-hybridized carbons (Fsp3) is 0.361. The number of amides is 1. The molecule has 0 aliphatic rings. The van der Waals surface area contributed by atoms with Gasteiger partial charge in [-0.05, 0) is 85.5 Å². The second-order valence-electron chi connectivity index (χ2n) is 11.0. The number of rotatable bonds is 18. The third-order valence-electron chi connectivity index (χ3n) is 7.63. The number of benzene rings is 3. The molecule has 0 saturated heterocycles. The molecule has 0 saturated carbocycles. The SMILES string of the molecule is CCCCOCCOc1ccc(-c2ccc(OC(F)F)c(/C=C/C(=O)Nc3ccc([S@@](=O)Cc4c(C)n(C)n4CCC)cc3)c2)cc1.[HH]. The molecule has 11 heteroatoms. The molecule has 0 unspecified atom stereocenters. The first kappa shape index (κ1) is 35.6. The molecule has 4 aromatic rings. The number of anilines is 1. The Balaban J connectivity index is 0.00000625. The van der Waals surface area contributed by atoms with E-state index in [0.29, 0.717) is 47.5 Å². The summed E-state index contributed by atoms with van der Waals surface area (Å²) in [5, 5.41) is 2.76. The van der Waals surface area contributed by atoms with Gasteiger partial charge in [0.2, 0.25) is 5.91 Å². The van der Waals surface area contributed by atoms with Crippen molar-refractivity contribution in [1.82, 2.24) is 9.36 Å². The molecule has 3 aromatic carbocycles. The maximum absolute atomic E-state index is 13.1. The fourth-order valence-corrected chi connectivity index (χ4v) is 6.20. The second-order valence-corrected chi connectivity index (χ2v) is 12.4. The summed E-state index contributed by atoms with van der Waals surface area (Å²) in [6, 6.07) is 19.1. The van der Waals surface area contributed by atoms with Gasteiger partial charge in [-0.3, -0.25) is 18.4 Å². The van der Waals surface area contributed by atoms with E-state index in [1.165, 1.54) is 18.2 Å². The first-order valence-electron chi connectivity index (χ1n) is 15.8. The number of carbonyl (C=O) groups is 1. The van der Waals surface area contributed by atoms with Gasteiger partial charge in [0.1, 0.15) is 18.1 Å². The molecule has 1 aromatic heterocycles. The summed E-state index contributed by atoms with van der Waals surface area (Å²) in [5.41, 5.74) is 4.60. The quantitative estimate of drug-likeness (QED) is 0.0853. The molecular formula is C36H45F2N3O5S. The predicted molar refractivity (Wildman–Crippen MR) is 184 cm³/mol. The molecule has 1 amide bonds. The van der Waals surface area contributed by atoms with E-state index in [0.717, 1.165) is 48.3 Å². The van der Waals surface area contributed by atoms with Crippen LogP contribution in [0.5, 0.6) is 11.5 Å². The van der Waals surface area contributed by atoms with Crippen LogP contribution in [-0.2, 0) is 39.7 Å². The van der Waals surface area contributed by atoms with Crippen molar-refractivity contribution in [2.45, 2.75) is 63.8 Å². The molecule has 0 radical (unpaired) electrons. The van der Waals surface area contributed by atoms with Gasteiger partial charge in [0, 0.05) is 43.8 Å². The van der Waals surface area contributed by atoms with Crippen molar-refractivity contribution in [3.63, 3.8) is 0 Å². The first-order chi connectivity index (χ1) is 22.7. The summed E-state index contributed by atoms with van der Waals surface area (Å²) in [4.78, 5) is 13.4. The first-order valence-corrected chi connectivity index (χ1v) is 17.1. The third-order valence-corrected chi connectivity index (χ3v) is 8.96. The zero-order valence-electron chi connectivity index (χ0n) is 27.3. The summed E-state index contributed by atoms with van der Waals surface area (Å²) in [5.74, 6) is 0.599. The van der Waals surface area contributed by atoms with Crippen LogP contribution in [0.4, 0.5) is 14.5 Å². The van der Waals surface area contributed by atoms with Gasteiger partial charge in [-0.1, -0.05) is 38.5 Å². The highest BCUT2D eigenvalue weighted by molar-refractivity contribution is 7.84. The number of hydrogen-bond acceptors (Lipinski definition) is 5. The van der Waals surface area contributed by atoms with E-state index in [9.17, 15) is 17.8 Å². The van der Waals surface area contributed by atoms with E-state index in [1.54, 1.807) is 36.4 Å². The number of carbonyl (C=O) groups excluding carboxylic acids is 1. The van der Waals surface area contributed by atoms with E-state index in [2.05, 4.69) is 28.5 Å². The maximum Gasteiger partial charge on any atom is 0.387 e. The average molecular weight is 670 g/mol. The molecule has 254 valence electrons. The average Bonchev–Trinajstić information content (AvgIpc) is 3.07. The lowest BCUT2D eigenvalue weighted by atomic mass is 10.0. The van der Waals surface area contributed by atoms with E-state index in [4.69, 9.17) is 14.2 Å². The smallest absolute Gasteiger partial charge is 0.387 e. The number of hydrogen-bond donors (Lipinski definition) is 1. The van der Waals surface area contributed by atoms with Crippen LogP contribution in [0.3, 0.4) is 0 Å². The summed E-state index contributed by atoms with van der Waals surface area (Å²) in [7, 11) is 0.753. The van der Waals surface area contributed by atoms with Crippen LogP contribution in [0.2, 0.25) is 0 Å². The van der Waals surface area contributed by atoms with Crippen molar-refractivity contribution >= 4 is 28.5 Å². The van der Waals surface area contributed by atoms with Crippen LogP contribution >= 0.6 is 0 Å². The van der Waals surface area contributed by atoms with Gasteiger partial charge in [0.25, 0.3) is 0 Å². The van der Waals surface area contributed by atoms with Crippen LogP contribution in [0.25, 0.3) is 17.2 Å². The Hall–Kier alpha value is -4.22. The number of halogens is 2. The Morgan fingerprint density at radius 2 is 1.70 bits per heavy atom. The van der Waals surface area contributed by atoms with E-state index in [1.807, 2.05) is 38.2 Å². The maximum atomic E-state index is 13.1. The van der Waals surface area contributed by atoms with Gasteiger partial charge in [-0.25, -0.2) is 0 Å². The minimum atomic E-state index is -3.02. The highest BCUT2D eigenvalue weighted by atomic mass is 32.2. The molecule has 8 nitrogen and oxygen atoms in total. The minimum absolute atomic E-state index is 0. The third kappa shape index (κ3) is 10.1. The molecule has 1 atom stereocenters. The van der Waals surface area contributed by atoms with E-state index in [-0.39, 0.29) is 7.18 Å². The number of ether oxygens (including phenoxy) is 3. The van der Waals surface area contributed by atoms with E-state index < -0.39 is 23.3 Å². The van der Waals surface area contributed by atoms with Crippen LogP contribution < -0.4 is 14.8 Å². The number of nitrogens with zero attached hydrogens (tertiary/aromatic N) is 2.